The molecule has 12 aromatic rings. The van der Waals surface area contributed by atoms with Crippen LogP contribution in [0.5, 0.6) is 23.0 Å². The minimum Gasteiger partial charge on any atom is -0.490 e. The SMILES string of the molecule is CS(=O)(=O)Cc1ccc(-c2nc(-c3ccc(OC4CCCC4)cc3)no2)cc1.Nc1ccc(-c2nc(-c3ccc(OC4CCCC4)cc3)no2)cc1.O=C(O)c1ccc(-c2nc(-c3ccc(OC4CCCC4)cc3)no2)cc1.OCc1ccc(-c2nc(-c3ccc(OC4CCCC4)cc3)no2)cc1. The molecule has 4 aromatic heterocycles. The fourth-order valence-electron chi connectivity index (χ4n) is 12.5. The fourth-order valence-corrected chi connectivity index (χ4v) is 13.3. The first-order chi connectivity index (χ1) is 50.2. The number of nitrogens with two attached hydrogens (primary N) is 1. The van der Waals surface area contributed by atoms with E-state index >= 15 is 0 Å². The quantitative estimate of drug-likeness (QED) is 0.0597. The van der Waals surface area contributed by atoms with Crippen LogP contribution in [0.2, 0.25) is 0 Å². The first-order valence-electron chi connectivity index (χ1n) is 34.8. The Morgan fingerprint density at radius 2 is 0.621 bits per heavy atom. The third kappa shape index (κ3) is 19.4. The third-order valence-corrected chi connectivity index (χ3v) is 19.0. The van der Waals surface area contributed by atoms with Gasteiger partial charge < -0.3 is 53.0 Å². The zero-order valence-corrected chi connectivity index (χ0v) is 57.8. The lowest BCUT2D eigenvalue weighted by molar-refractivity contribution is 0.0696. The fraction of sp³-hybridized carbons (Fsp3) is 0.287. The van der Waals surface area contributed by atoms with Crippen LogP contribution in [-0.2, 0) is 22.2 Å². The highest BCUT2D eigenvalue weighted by Crippen LogP contribution is 2.34. The largest absolute Gasteiger partial charge is 0.490 e. The molecule has 0 spiro atoms. The van der Waals surface area contributed by atoms with Gasteiger partial charge in [0.15, 0.2) is 9.84 Å². The maximum atomic E-state index is 11.4. The number of sulfone groups is 1. The molecule has 4 heterocycles. The summed E-state index contributed by atoms with van der Waals surface area (Å²) in [5, 5.41) is 34.2. The average Bonchev–Trinajstić information content (AvgIpc) is 1.73. The molecule has 103 heavy (non-hydrogen) atoms. The first kappa shape index (κ1) is 70.1. The van der Waals surface area contributed by atoms with Crippen molar-refractivity contribution in [2.45, 2.75) is 140 Å². The summed E-state index contributed by atoms with van der Waals surface area (Å²) < 4.78 is 68.1. The molecule has 0 bridgehead atoms. The van der Waals surface area contributed by atoms with Crippen molar-refractivity contribution in [3.8, 4) is 114 Å². The number of rotatable bonds is 20. The Kier molecular flexibility index (Phi) is 22.8. The van der Waals surface area contributed by atoms with E-state index in [1.54, 1.807) is 36.4 Å². The molecule has 16 rings (SSSR count). The lowest BCUT2D eigenvalue weighted by Gasteiger charge is -2.12. The summed E-state index contributed by atoms with van der Waals surface area (Å²) in [7, 11) is -3.06. The van der Waals surface area contributed by atoms with E-state index in [1.165, 1.54) is 69.8 Å². The maximum Gasteiger partial charge on any atom is 0.335 e. The number of hydrogen-bond donors (Lipinski definition) is 3. The highest BCUT2D eigenvalue weighted by molar-refractivity contribution is 7.89. The second kappa shape index (κ2) is 33.5. The minimum absolute atomic E-state index is 0.0115. The molecule has 0 aliphatic heterocycles. The van der Waals surface area contributed by atoms with Crippen LogP contribution in [-0.4, -0.2) is 95.8 Å². The lowest BCUT2D eigenvalue weighted by Crippen LogP contribution is -2.10. The zero-order valence-electron chi connectivity index (χ0n) is 57.0. The second-order valence-corrected chi connectivity index (χ2v) is 28.2. The van der Waals surface area contributed by atoms with Crippen LogP contribution in [0.3, 0.4) is 0 Å². The Morgan fingerprint density at radius 1 is 0.379 bits per heavy atom. The Bertz CT molecular complexity index is 4770. The predicted octanol–water partition coefficient (Wildman–Crippen LogP) is 17.2. The summed E-state index contributed by atoms with van der Waals surface area (Å²) >= 11 is 0. The number of carboxylic acids is 1. The van der Waals surface area contributed by atoms with Crippen LogP contribution in [0, 0.1) is 0 Å². The average molecular weight is 1410 g/mol. The summed E-state index contributed by atoms with van der Waals surface area (Å²) in [6.45, 7) is 0.0185. The van der Waals surface area contributed by atoms with E-state index in [0.717, 1.165) is 124 Å². The van der Waals surface area contributed by atoms with Gasteiger partial charge in [0.2, 0.25) is 23.3 Å². The number of carbonyl (C=O) groups is 1. The van der Waals surface area contributed by atoms with Crippen LogP contribution in [0.25, 0.3) is 91.4 Å². The summed E-state index contributed by atoms with van der Waals surface area (Å²) in [5.41, 5.74) is 14.8. The number of anilines is 1. The van der Waals surface area contributed by atoms with E-state index < -0.39 is 15.8 Å². The molecule has 4 saturated carbocycles. The van der Waals surface area contributed by atoms with Crippen LogP contribution in [0.15, 0.2) is 212 Å². The van der Waals surface area contributed by atoms with E-state index in [1.807, 2.05) is 146 Å². The van der Waals surface area contributed by atoms with Crippen molar-refractivity contribution in [3.63, 3.8) is 0 Å². The maximum absolute atomic E-state index is 11.4. The van der Waals surface area contributed by atoms with Gasteiger partial charge in [0.25, 0.3) is 23.6 Å². The van der Waals surface area contributed by atoms with Crippen molar-refractivity contribution in [3.05, 3.63) is 211 Å². The van der Waals surface area contributed by atoms with Crippen molar-refractivity contribution in [1.29, 1.82) is 0 Å². The molecule has 0 radical (unpaired) electrons. The summed E-state index contributed by atoms with van der Waals surface area (Å²) in [4.78, 5) is 28.7. The lowest BCUT2D eigenvalue weighted by atomic mass is 10.1. The van der Waals surface area contributed by atoms with E-state index in [0.29, 0.717) is 82.5 Å². The number of carboxylic acid groups (broad SMARTS) is 1. The summed E-state index contributed by atoms with van der Waals surface area (Å²) in [6.07, 6.45) is 21.7. The number of benzene rings is 8. The second-order valence-electron chi connectivity index (χ2n) is 26.0. The Balaban J connectivity index is 0.000000122. The molecule has 0 saturated heterocycles. The van der Waals surface area contributed by atoms with Crippen LogP contribution < -0.4 is 24.7 Å². The van der Waals surface area contributed by atoms with Crippen LogP contribution >= 0.6 is 0 Å². The van der Waals surface area contributed by atoms with Crippen molar-refractivity contribution >= 4 is 21.5 Å². The number of aliphatic hydroxyl groups is 1. The normalized spacial score (nSPS) is 14.8. The molecular formula is C80H79N9O13S. The van der Waals surface area contributed by atoms with Gasteiger partial charge in [-0.3, -0.25) is 0 Å². The van der Waals surface area contributed by atoms with Gasteiger partial charge in [0, 0.05) is 56.5 Å². The topological polar surface area (TPSA) is 310 Å². The van der Waals surface area contributed by atoms with Crippen molar-refractivity contribution < 1.29 is 60.5 Å². The summed E-state index contributed by atoms with van der Waals surface area (Å²) in [5.74, 6) is 6.33. The number of nitrogens with zero attached hydrogens (tertiary/aromatic N) is 8. The van der Waals surface area contributed by atoms with Crippen LogP contribution in [0.4, 0.5) is 5.69 Å². The van der Waals surface area contributed by atoms with E-state index in [2.05, 4.69) is 40.6 Å². The van der Waals surface area contributed by atoms with Crippen molar-refractivity contribution in [2.75, 3.05) is 12.0 Å². The van der Waals surface area contributed by atoms with Gasteiger partial charge in [-0.2, -0.15) is 19.9 Å². The Labute approximate surface area is 596 Å². The molecule has 0 atom stereocenters. The van der Waals surface area contributed by atoms with E-state index in [4.69, 9.17) is 53.0 Å². The third-order valence-electron chi connectivity index (χ3n) is 18.1. The predicted molar refractivity (Wildman–Crippen MR) is 388 cm³/mol. The Morgan fingerprint density at radius 3 is 0.874 bits per heavy atom. The number of aliphatic hydroxyl groups excluding tert-OH is 1. The van der Waals surface area contributed by atoms with Gasteiger partial charge >= 0.3 is 5.97 Å². The van der Waals surface area contributed by atoms with Gasteiger partial charge in [-0.15, -0.1) is 0 Å². The smallest absolute Gasteiger partial charge is 0.335 e. The zero-order chi connectivity index (χ0) is 70.9. The monoisotopic (exact) mass is 1410 g/mol. The first-order valence-corrected chi connectivity index (χ1v) is 36.9. The molecular weight excluding hydrogens is 1330 g/mol. The molecule has 22 nitrogen and oxygen atoms in total. The highest BCUT2D eigenvalue weighted by atomic mass is 32.2. The van der Waals surface area contributed by atoms with E-state index in [-0.39, 0.29) is 17.9 Å². The molecule has 8 aromatic carbocycles. The van der Waals surface area contributed by atoms with Gasteiger partial charge in [0.1, 0.15) is 23.0 Å². The Hall–Kier alpha value is -11.3. The van der Waals surface area contributed by atoms with Gasteiger partial charge in [0.05, 0.1) is 42.3 Å². The van der Waals surface area contributed by atoms with Crippen molar-refractivity contribution in [2.24, 2.45) is 0 Å². The van der Waals surface area contributed by atoms with E-state index in [9.17, 15) is 13.2 Å². The molecule has 528 valence electrons. The molecule has 4 aliphatic carbocycles. The van der Waals surface area contributed by atoms with Gasteiger partial charge in [-0.05, 0) is 284 Å². The number of ether oxygens (including phenoxy) is 4. The molecule has 23 heteroatoms. The van der Waals surface area contributed by atoms with Gasteiger partial charge in [-0.1, -0.05) is 44.9 Å². The molecule has 4 N–H and O–H groups in total. The highest BCUT2D eigenvalue weighted by Gasteiger charge is 2.22. The summed E-state index contributed by atoms with van der Waals surface area (Å²) in [6, 6.07) is 59.2. The molecule has 0 unspecified atom stereocenters. The number of aromatic carboxylic acids is 1. The number of aromatic nitrogens is 8. The molecule has 0 amide bonds. The van der Waals surface area contributed by atoms with Crippen LogP contribution in [0.1, 0.15) is 124 Å². The molecule has 4 aliphatic rings. The van der Waals surface area contributed by atoms with Crippen molar-refractivity contribution in [1.82, 2.24) is 40.6 Å². The van der Waals surface area contributed by atoms with Gasteiger partial charge in [-0.25, -0.2) is 13.2 Å². The minimum atomic E-state index is -3.06. The molecule has 4 fully saturated rings. The standard InChI is InChI=1S/C21H22N2O4S.C20H18N2O4.C20H20N2O3.C19H19N3O2/c1-28(24,25)14-15-6-8-17(9-7-15)21-22-20(23-27-21)16-10-12-19(13-11-16)26-18-4-2-3-5-18;23-20(24)15-7-5-14(6-8-15)19-21-18(22-26-19)13-9-11-17(12-10-13)25-16-3-1-2-4-16;23-13-14-5-7-16(8-6-14)20-21-19(22-25-20)15-9-11-18(12-10-15)24-17-3-1-2-4-17;20-15-9-5-14(6-10-15)19-21-18(22-24-19)13-7-11-17(12-8-13)23-16-3-1-2-4-16/h6-13,18H,2-5,14H2,1H3;5-12,16H,1-4H2,(H,23,24);5-12,17,23H,1-4,13H2;5-12,16H,1-4,20H2. The number of hydrogen-bond acceptors (Lipinski definition) is 21. The number of nitrogen functional groups attached to an aromatic ring is 1.